The number of fused-ring (bicyclic) bond motifs is 4. The Labute approximate surface area is 126 Å². The van der Waals surface area contributed by atoms with Gasteiger partial charge in [0.1, 0.15) is 0 Å². The summed E-state index contributed by atoms with van der Waals surface area (Å²) in [5.41, 5.74) is 2.91. The Morgan fingerprint density at radius 2 is 1.90 bits per heavy atom. The standard InChI is InChI=1S/C19H15Br/c1-19(2)10-4-6-13-11-15-14(18(13)19)9-8-12-5-3-7-16(20)17(12)15/h3-11H,1-2H3. The van der Waals surface area contributed by atoms with Crippen LogP contribution in [0.1, 0.15) is 13.8 Å². The first-order valence-corrected chi connectivity index (χ1v) is 7.71. The molecule has 1 heteroatoms. The zero-order valence-electron chi connectivity index (χ0n) is 11.6. The SMILES string of the molecule is CC1(C)C=CC=C2C=c3c(ccc4cccc(Br)c34)=C21. The van der Waals surface area contributed by atoms with Crippen LogP contribution in [0.4, 0.5) is 0 Å². The summed E-state index contributed by atoms with van der Waals surface area (Å²) in [4.78, 5) is 0. The molecule has 0 heterocycles. The Balaban J connectivity index is 2.26. The third-order valence-corrected chi connectivity index (χ3v) is 4.99. The molecule has 0 radical (unpaired) electrons. The van der Waals surface area contributed by atoms with Crippen molar-refractivity contribution in [3.8, 4) is 0 Å². The van der Waals surface area contributed by atoms with Crippen LogP contribution in [-0.2, 0) is 0 Å². The van der Waals surface area contributed by atoms with Gasteiger partial charge in [0, 0.05) is 15.3 Å². The largest absolute Gasteiger partial charge is 0.0744 e. The van der Waals surface area contributed by atoms with Crippen LogP contribution in [0.3, 0.4) is 0 Å². The highest BCUT2D eigenvalue weighted by atomic mass is 79.9. The second-order valence-corrected chi connectivity index (χ2v) is 6.94. The van der Waals surface area contributed by atoms with Crippen LogP contribution in [-0.4, -0.2) is 0 Å². The van der Waals surface area contributed by atoms with Gasteiger partial charge in [0.2, 0.25) is 0 Å². The molecule has 0 unspecified atom stereocenters. The molecule has 2 aromatic rings. The Morgan fingerprint density at radius 3 is 2.75 bits per heavy atom. The molecule has 0 aliphatic heterocycles. The van der Waals surface area contributed by atoms with Crippen molar-refractivity contribution in [1.29, 1.82) is 0 Å². The first-order chi connectivity index (χ1) is 9.58. The van der Waals surface area contributed by atoms with Gasteiger partial charge in [-0.05, 0) is 39.1 Å². The van der Waals surface area contributed by atoms with E-state index in [0.717, 1.165) is 0 Å². The quantitative estimate of drug-likeness (QED) is 0.686. The Kier molecular flexibility index (Phi) is 2.41. The highest BCUT2D eigenvalue weighted by molar-refractivity contribution is 9.10. The fourth-order valence-electron chi connectivity index (χ4n) is 3.44. The molecule has 2 aromatic carbocycles. The van der Waals surface area contributed by atoms with Crippen molar-refractivity contribution in [2.45, 2.75) is 13.8 Å². The minimum Gasteiger partial charge on any atom is -0.0744 e. The van der Waals surface area contributed by atoms with Crippen LogP contribution in [0.2, 0.25) is 0 Å². The molecule has 0 N–H and O–H groups in total. The average Bonchev–Trinajstić information content (AvgIpc) is 2.78. The molecule has 4 rings (SSSR count). The number of rotatable bonds is 0. The van der Waals surface area contributed by atoms with Crippen LogP contribution < -0.4 is 10.4 Å². The van der Waals surface area contributed by atoms with Gasteiger partial charge in [-0.1, -0.05) is 72.3 Å². The fourth-order valence-corrected chi connectivity index (χ4v) is 4.03. The topological polar surface area (TPSA) is 0 Å². The number of hydrogen-bond donors (Lipinski definition) is 0. The van der Waals surface area contributed by atoms with Crippen molar-refractivity contribution in [3.63, 3.8) is 0 Å². The monoisotopic (exact) mass is 322 g/mol. The van der Waals surface area contributed by atoms with Crippen molar-refractivity contribution in [2.75, 3.05) is 0 Å². The van der Waals surface area contributed by atoms with E-state index in [1.54, 1.807) is 0 Å². The highest BCUT2D eigenvalue weighted by Crippen LogP contribution is 2.39. The number of allylic oxidation sites excluding steroid dienone is 4. The molecule has 2 aliphatic carbocycles. The van der Waals surface area contributed by atoms with E-state index in [0.29, 0.717) is 0 Å². The maximum absolute atomic E-state index is 3.71. The summed E-state index contributed by atoms with van der Waals surface area (Å²) in [6.45, 7) is 4.58. The minimum atomic E-state index is 0.0980. The molecular formula is C19H15Br. The molecule has 0 bridgehead atoms. The van der Waals surface area contributed by atoms with Crippen molar-refractivity contribution in [3.05, 3.63) is 69.0 Å². The number of halogens is 1. The van der Waals surface area contributed by atoms with Gasteiger partial charge in [-0.25, -0.2) is 0 Å². The minimum absolute atomic E-state index is 0.0980. The first kappa shape index (κ1) is 12.2. The molecular weight excluding hydrogens is 308 g/mol. The molecule has 20 heavy (non-hydrogen) atoms. The maximum atomic E-state index is 3.71. The van der Waals surface area contributed by atoms with E-state index in [9.17, 15) is 0 Å². The van der Waals surface area contributed by atoms with E-state index in [2.05, 4.69) is 84.4 Å². The lowest BCUT2D eigenvalue weighted by Crippen LogP contribution is -2.28. The predicted octanol–water partition coefficient (Wildman–Crippen LogP) is 4.07. The summed E-state index contributed by atoms with van der Waals surface area (Å²) in [5.74, 6) is 0. The molecule has 0 fully saturated rings. The van der Waals surface area contributed by atoms with Gasteiger partial charge in [0.25, 0.3) is 0 Å². The van der Waals surface area contributed by atoms with Crippen LogP contribution in [0.15, 0.2) is 58.6 Å². The Bertz CT molecular complexity index is 924. The second kappa shape index (κ2) is 3.95. The highest BCUT2D eigenvalue weighted by Gasteiger charge is 2.28. The summed E-state index contributed by atoms with van der Waals surface area (Å²) >= 11 is 3.71. The van der Waals surface area contributed by atoms with Gasteiger partial charge < -0.3 is 0 Å². The van der Waals surface area contributed by atoms with Gasteiger partial charge in [0.15, 0.2) is 0 Å². The van der Waals surface area contributed by atoms with Gasteiger partial charge in [0.05, 0.1) is 0 Å². The van der Waals surface area contributed by atoms with Gasteiger partial charge in [-0.2, -0.15) is 0 Å². The van der Waals surface area contributed by atoms with Crippen LogP contribution in [0.5, 0.6) is 0 Å². The first-order valence-electron chi connectivity index (χ1n) is 6.92. The lowest BCUT2D eigenvalue weighted by molar-refractivity contribution is 0.644. The molecule has 2 aliphatic rings. The smallest absolute Gasteiger partial charge is 0.0259 e. The molecule has 98 valence electrons. The summed E-state index contributed by atoms with van der Waals surface area (Å²) in [6, 6.07) is 10.9. The van der Waals surface area contributed by atoms with Gasteiger partial charge in [-0.3, -0.25) is 0 Å². The van der Waals surface area contributed by atoms with Crippen molar-refractivity contribution < 1.29 is 0 Å². The average molecular weight is 323 g/mol. The Hall–Kier alpha value is -1.60. The fraction of sp³-hybridized carbons (Fsp3) is 0.158. The maximum Gasteiger partial charge on any atom is 0.0259 e. The summed E-state index contributed by atoms with van der Waals surface area (Å²) in [7, 11) is 0. The number of hydrogen-bond acceptors (Lipinski definition) is 0. The van der Waals surface area contributed by atoms with E-state index >= 15 is 0 Å². The zero-order chi connectivity index (χ0) is 13.9. The summed E-state index contributed by atoms with van der Waals surface area (Å²) in [5, 5.41) is 5.35. The van der Waals surface area contributed by atoms with Gasteiger partial charge in [-0.15, -0.1) is 0 Å². The van der Waals surface area contributed by atoms with E-state index in [4.69, 9.17) is 0 Å². The van der Waals surface area contributed by atoms with E-state index in [-0.39, 0.29) is 5.41 Å². The normalized spacial score (nSPS) is 18.6. The Morgan fingerprint density at radius 1 is 1.05 bits per heavy atom. The molecule has 0 nitrogen and oxygen atoms in total. The van der Waals surface area contributed by atoms with Gasteiger partial charge >= 0.3 is 0 Å². The lowest BCUT2D eigenvalue weighted by Gasteiger charge is -2.26. The molecule has 0 aromatic heterocycles. The summed E-state index contributed by atoms with van der Waals surface area (Å²) < 4.78 is 1.17. The lowest BCUT2D eigenvalue weighted by atomic mass is 9.77. The van der Waals surface area contributed by atoms with Crippen molar-refractivity contribution in [2.24, 2.45) is 5.41 Å². The molecule has 0 spiro atoms. The van der Waals surface area contributed by atoms with E-state index in [1.165, 1.54) is 36.8 Å². The molecule has 0 atom stereocenters. The van der Waals surface area contributed by atoms with Crippen LogP contribution >= 0.6 is 15.9 Å². The zero-order valence-corrected chi connectivity index (χ0v) is 13.2. The van der Waals surface area contributed by atoms with E-state index in [1.807, 2.05) is 0 Å². The molecule has 0 saturated heterocycles. The van der Waals surface area contributed by atoms with Crippen molar-refractivity contribution in [1.82, 2.24) is 0 Å². The summed E-state index contributed by atoms with van der Waals surface area (Å²) in [6.07, 6.45) is 9.03. The number of benzene rings is 2. The van der Waals surface area contributed by atoms with Crippen LogP contribution in [0.25, 0.3) is 22.4 Å². The van der Waals surface area contributed by atoms with Crippen molar-refractivity contribution >= 4 is 38.4 Å². The van der Waals surface area contributed by atoms with Crippen LogP contribution in [0, 0.1) is 5.41 Å². The molecule has 0 amide bonds. The second-order valence-electron chi connectivity index (χ2n) is 6.09. The van der Waals surface area contributed by atoms with E-state index < -0.39 is 0 Å². The predicted molar refractivity (Wildman–Crippen MR) is 89.8 cm³/mol. The molecule has 0 saturated carbocycles. The third-order valence-electron chi connectivity index (χ3n) is 4.33. The third kappa shape index (κ3) is 1.53.